The maximum atomic E-state index is 3.85. The van der Waals surface area contributed by atoms with E-state index in [0.717, 1.165) is 3.57 Å². The maximum Gasteiger partial charge on any atom is 0.103 e. The Morgan fingerprint density at radius 2 is 2.50 bits per heavy atom. The van der Waals surface area contributed by atoms with Crippen molar-refractivity contribution in [3.8, 4) is 0 Å². The molecule has 0 saturated heterocycles. The monoisotopic (exact) mass is 218 g/mol. The second-order valence-electron chi connectivity index (χ2n) is 1.61. The van der Waals surface area contributed by atoms with Gasteiger partial charge in [0.05, 0.1) is 0 Å². The Bertz CT molecular complexity index is 168. The van der Waals surface area contributed by atoms with Gasteiger partial charge in [0, 0.05) is 9.77 Å². The third kappa shape index (κ3) is 1.43. The van der Waals surface area contributed by atoms with Crippen molar-refractivity contribution in [2.45, 2.75) is 6.92 Å². The molecule has 1 aromatic heterocycles. The Labute approximate surface area is 62.3 Å². The lowest BCUT2D eigenvalue weighted by molar-refractivity contribution is 1.24. The molecule has 0 aliphatic carbocycles. The van der Waals surface area contributed by atoms with Gasteiger partial charge in [-0.05, 0) is 41.1 Å². The molecule has 0 unspecified atom stereocenters. The Morgan fingerprint density at radius 1 is 1.75 bits per heavy atom. The molecular formula is C6H5IN. The lowest BCUT2D eigenvalue weighted by Gasteiger charge is -1.87. The summed E-state index contributed by atoms with van der Waals surface area (Å²) in [5.74, 6) is 0. The van der Waals surface area contributed by atoms with Gasteiger partial charge in [0.1, 0.15) is 6.20 Å². The van der Waals surface area contributed by atoms with Gasteiger partial charge in [-0.15, -0.1) is 0 Å². The minimum absolute atomic E-state index is 1.07. The van der Waals surface area contributed by atoms with E-state index < -0.39 is 0 Å². The highest BCUT2D eigenvalue weighted by Gasteiger charge is 1.84. The van der Waals surface area contributed by atoms with Crippen molar-refractivity contribution in [1.82, 2.24) is 4.98 Å². The van der Waals surface area contributed by atoms with Crippen LogP contribution in [0.5, 0.6) is 0 Å². The first-order valence-electron chi connectivity index (χ1n) is 2.29. The summed E-state index contributed by atoms with van der Waals surface area (Å²) in [4.78, 5) is 3.85. The Kier molecular flexibility index (Phi) is 1.83. The number of halogens is 1. The van der Waals surface area contributed by atoms with Crippen molar-refractivity contribution < 1.29 is 0 Å². The second kappa shape index (κ2) is 2.44. The zero-order chi connectivity index (χ0) is 5.98. The molecule has 0 aromatic carbocycles. The van der Waals surface area contributed by atoms with Crippen LogP contribution in [0.3, 0.4) is 0 Å². The maximum absolute atomic E-state index is 3.85. The molecule has 0 amide bonds. The highest BCUT2D eigenvalue weighted by molar-refractivity contribution is 14.1. The molecule has 1 nitrogen and oxygen atoms in total. The fourth-order valence-corrected chi connectivity index (χ4v) is 1.10. The fourth-order valence-electron chi connectivity index (χ4n) is 0.465. The summed E-state index contributed by atoms with van der Waals surface area (Å²) in [7, 11) is 0. The third-order valence-electron chi connectivity index (χ3n) is 0.794. The van der Waals surface area contributed by atoms with Crippen LogP contribution in [0.2, 0.25) is 0 Å². The molecule has 0 aliphatic rings. The number of rotatable bonds is 0. The molecule has 1 heterocycles. The summed E-state index contributed by atoms with van der Waals surface area (Å²) in [5, 5.41) is 0. The molecule has 1 radical (unpaired) electrons. The van der Waals surface area contributed by atoms with Gasteiger partial charge in [-0.3, -0.25) is 4.98 Å². The highest BCUT2D eigenvalue weighted by Crippen LogP contribution is 2.01. The quantitative estimate of drug-likeness (QED) is 0.605. The van der Waals surface area contributed by atoms with Crippen LogP contribution in [0.15, 0.2) is 12.3 Å². The first-order chi connectivity index (χ1) is 3.79. The SMILES string of the molecule is Cc1cn[c]c(I)c1. The van der Waals surface area contributed by atoms with E-state index in [1.54, 1.807) is 6.20 Å². The molecule has 1 aromatic rings. The van der Waals surface area contributed by atoms with E-state index in [9.17, 15) is 0 Å². The Hall–Kier alpha value is -0.120. The van der Waals surface area contributed by atoms with Crippen LogP contribution in [0.1, 0.15) is 5.56 Å². The summed E-state index contributed by atoms with van der Waals surface area (Å²) in [6.45, 7) is 2.02. The largest absolute Gasteiger partial charge is 0.253 e. The van der Waals surface area contributed by atoms with Crippen LogP contribution in [0.25, 0.3) is 0 Å². The number of nitrogens with zero attached hydrogens (tertiary/aromatic N) is 1. The molecule has 0 spiro atoms. The van der Waals surface area contributed by atoms with Gasteiger partial charge in [0.15, 0.2) is 0 Å². The topological polar surface area (TPSA) is 12.9 Å². The first kappa shape index (κ1) is 6.01. The van der Waals surface area contributed by atoms with Gasteiger partial charge in [-0.2, -0.15) is 0 Å². The van der Waals surface area contributed by atoms with Crippen molar-refractivity contribution in [2.75, 3.05) is 0 Å². The number of aryl methyl sites for hydroxylation is 1. The summed E-state index contributed by atoms with van der Waals surface area (Å²) in [5.41, 5.74) is 1.19. The summed E-state index contributed by atoms with van der Waals surface area (Å²) in [6, 6.07) is 2.04. The number of pyridine rings is 1. The molecular weight excluding hydrogens is 213 g/mol. The van der Waals surface area contributed by atoms with E-state index in [0.29, 0.717) is 0 Å². The minimum atomic E-state index is 1.07. The Morgan fingerprint density at radius 3 is 2.88 bits per heavy atom. The van der Waals surface area contributed by atoms with E-state index in [-0.39, 0.29) is 0 Å². The van der Waals surface area contributed by atoms with E-state index in [4.69, 9.17) is 0 Å². The zero-order valence-corrected chi connectivity index (χ0v) is 6.64. The lowest BCUT2D eigenvalue weighted by atomic mass is 10.3. The summed E-state index contributed by atoms with van der Waals surface area (Å²) >= 11 is 2.19. The van der Waals surface area contributed by atoms with Crippen LogP contribution in [0.4, 0.5) is 0 Å². The molecule has 0 N–H and O–H groups in total. The molecule has 0 fully saturated rings. The van der Waals surface area contributed by atoms with E-state index in [1.165, 1.54) is 5.56 Å². The Balaban J connectivity index is 3.08. The van der Waals surface area contributed by atoms with Crippen molar-refractivity contribution in [1.29, 1.82) is 0 Å². The van der Waals surface area contributed by atoms with E-state index in [1.807, 2.05) is 13.0 Å². The standard InChI is InChI=1S/C6H5IN/c1-5-2-6(7)4-8-3-5/h2-3H,1H3. The molecule has 2 heteroatoms. The lowest BCUT2D eigenvalue weighted by Crippen LogP contribution is -1.77. The summed E-state index contributed by atoms with van der Waals surface area (Å²) in [6.07, 6.45) is 4.60. The van der Waals surface area contributed by atoms with Crippen molar-refractivity contribution >= 4 is 22.6 Å². The molecule has 0 atom stereocenters. The summed E-state index contributed by atoms with van der Waals surface area (Å²) < 4.78 is 1.07. The number of hydrogen-bond acceptors (Lipinski definition) is 1. The number of hydrogen-bond donors (Lipinski definition) is 0. The minimum Gasteiger partial charge on any atom is -0.253 e. The molecule has 8 heavy (non-hydrogen) atoms. The van der Waals surface area contributed by atoms with Crippen LogP contribution >= 0.6 is 22.6 Å². The molecule has 1 rings (SSSR count). The predicted molar refractivity (Wildman–Crippen MR) is 40.5 cm³/mol. The molecule has 0 aliphatic heterocycles. The predicted octanol–water partition coefficient (Wildman–Crippen LogP) is 1.79. The van der Waals surface area contributed by atoms with Gasteiger partial charge < -0.3 is 0 Å². The highest BCUT2D eigenvalue weighted by atomic mass is 127. The first-order valence-corrected chi connectivity index (χ1v) is 3.37. The van der Waals surface area contributed by atoms with Crippen molar-refractivity contribution in [3.63, 3.8) is 0 Å². The van der Waals surface area contributed by atoms with Gasteiger partial charge in [-0.25, -0.2) is 0 Å². The average molecular weight is 218 g/mol. The van der Waals surface area contributed by atoms with Crippen LogP contribution < -0.4 is 0 Å². The number of aromatic nitrogens is 1. The van der Waals surface area contributed by atoms with E-state index in [2.05, 4.69) is 33.8 Å². The van der Waals surface area contributed by atoms with Crippen LogP contribution in [-0.2, 0) is 0 Å². The zero-order valence-electron chi connectivity index (χ0n) is 4.48. The molecule has 41 valence electrons. The van der Waals surface area contributed by atoms with Gasteiger partial charge in [0.25, 0.3) is 0 Å². The van der Waals surface area contributed by atoms with Gasteiger partial charge >= 0.3 is 0 Å². The third-order valence-corrected chi connectivity index (χ3v) is 1.35. The van der Waals surface area contributed by atoms with Gasteiger partial charge in [0.2, 0.25) is 0 Å². The smallest absolute Gasteiger partial charge is 0.103 e. The molecule has 0 bridgehead atoms. The van der Waals surface area contributed by atoms with Crippen molar-refractivity contribution in [2.24, 2.45) is 0 Å². The average Bonchev–Trinajstić information content (AvgIpc) is 1.64. The van der Waals surface area contributed by atoms with Gasteiger partial charge in [-0.1, -0.05) is 0 Å². The van der Waals surface area contributed by atoms with Crippen molar-refractivity contribution in [3.05, 3.63) is 27.6 Å². The second-order valence-corrected chi connectivity index (χ2v) is 2.77. The van der Waals surface area contributed by atoms with E-state index >= 15 is 0 Å². The fraction of sp³-hybridized carbons (Fsp3) is 0.167. The van der Waals surface area contributed by atoms with Crippen LogP contribution in [-0.4, -0.2) is 4.98 Å². The van der Waals surface area contributed by atoms with Crippen LogP contribution in [0, 0.1) is 16.7 Å². The normalized spacial score (nSPS) is 9.25. The molecule has 0 saturated carbocycles.